The van der Waals surface area contributed by atoms with Gasteiger partial charge >= 0.3 is 0 Å². The summed E-state index contributed by atoms with van der Waals surface area (Å²) in [5, 5.41) is 8.63. The Morgan fingerprint density at radius 2 is 2.11 bits per heavy atom. The fourth-order valence-electron chi connectivity index (χ4n) is 0.682. The molecule has 0 radical (unpaired) electrons. The van der Waals surface area contributed by atoms with Crippen molar-refractivity contribution in [3.8, 4) is 0 Å². The lowest BCUT2D eigenvalue weighted by Crippen LogP contribution is -2.11. The van der Waals surface area contributed by atoms with Gasteiger partial charge in [-0.2, -0.15) is 0 Å². The highest BCUT2D eigenvalue weighted by atomic mass is 16.3. The molecule has 48 valence electrons. The molecule has 0 bridgehead atoms. The third kappa shape index (κ3) is 0.740. The van der Waals surface area contributed by atoms with Crippen LogP contribution in [0, 0.1) is 5.92 Å². The minimum Gasteiger partial charge on any atom is -0.504 e. The predicted octanol–water partition coefficient (Wildman–Crippen LogP) is 0.216. The summed E-state index contributed by atoms with van der Waals surface area (Å²) in [7, 11) is 0. The number of allylic oxidation sites excluding steroid dienone is 2. The van der Waals surface area contributed by atoms with Crippen LogP contribution in [-0.2, 0) is 9.59 Å². The molecular weight excluding hydrogens is 120 g/mol. The fourth-order valence-corrected chi connectivity index (χ4v) is 0.682. The van der Waals surface area contributed by atoms with Gasteiger partial charge in [0.1, 0.15) is 0 Å². The molecule has 0 spiro atoms. The first-order valence-corrected chi connectivity index (χ1v) is 2.61. The van der Waals surface area contributed by atoms with Crippen LogP contribution in [0.4, 0.5) is 0 Å². The van der Waals surface area contributed by atoms with Crippen molar-refractivity contribution < 1.29 is 14.7 Å². The molecule has 0 saturated heterocycles. The van der Waals surface area contributed by atoms with Crippen molar-refractivity contribution in [1.29, 1.82) is 0 Å². The fraction of sp³-hybridized carbons (Fsp3) is 0.333. The maximum Gasteiger partial charge on any atom is 0.207 e. The average molecular weight is 126 g/mol. The molecule has 0 fully saturated rings. The van der Waals surface area contributed by atoms with Gasteiger partial charge in [0.05, 0.1) is 5.92 Å². The molecular formula is C6H6O3. The number of rotatable bonds is 0. The van der Waals surface area contributed by atoms with Crippen LogP contribution in [0.2, 0.25) is 0 Å². The van der Waals surface area contributed by atoms with Crippen molar-refractivity contribution >= 4 is 11.6 Å². The molecule has 1 rings (SSSR count). The predicted molar refractivity (Wildman–Crippen MR) is 29.9 cm³/mol. The molecule has 0 aromatic rings. The molecule has 0 aromatic heterocycles. The third-order valence-corrected chi connectivity index (χ3v) is 1.35. The second-order valence-corrected chi connectivity index (χ2v) is 2.02. The van der Waals surface area contributed by atoms with Crippen LogP contribution in [0.1, 0.15) is 6.92 Å². The zero-order chi connectivity index (χ0) is 7.02. The van der Waals surface area contributed by atoms with E-state index in [1.54, 1.807) is 0 Å². The third-order valence-electron chi connectivity index (χ3n) is 1.35. The number of hydrogen-bond donors (Lipinski definition) is 1. The first kappa shape index (κ1) is 6.01. The minimum atomic E-state index is -0.662. The van der Waals surface area contributed by atoms with Gasteiger partial charge in [-0.25, -0.2) is 0 Å². The Morgan fingerprint density at radius 1 is 1.56 bits per heavy atom. The lowest BCUT2D eigenvalue weighted by atomic mass is 10.1. The van der Waals surface area contributed by atoms with Gasteiger partial charge in [0.15, 0.2) is 11.5 Å². The highest BCUT2D eigenvalue weighted by Crippen LogP contribution is 2.13. The Balaban J connectivity index is 2.95. The van der Waals surface area contributed by atoms with Crippen LogP contribution in [0.3, 0.4) is 0 Å². The average Bonchev–Trinajstić information content (AvgIpc) is 1.98. The van der Waals surface area contributed by atoms with Gasteiger partial charge in [0, 0.05) is 6.08 Å². The quantitative estimate of drug-likeness (QED) is 0.472. The molecule has 1 atom stereocenters. The highest BCUT2D eigenvalue weighted by Gasteiger charge is 2.29. The second-order valence-electron chi connectivity index (χ2n) is 2.02. The van der Waals surface area contributed by atoms with Crippen molar-refractivity contribution in [1.82, 2.24) is 0 Å². The van der Waals surface area contributed by atoms with Crippen LogP contribution in [0.15, 0.2) is 11.8 Å². The Labute approximate surface area is 52.0 Å². The number of aliphatic hydroxyl groups excluding tert-OH is 1. The Hall–Kier alpha value is -1.12. The van der Waals surface area contributed by atoms with Gasteiger partial charge in [0.25, 0.3) is 0 Å². The van der Waals surface area contributed by atoms with E-state index in [4.69, 9.17) is 5.11 Å². The number of Topliss-reactive ketones (excluding diaryl/α,β-unsaturated/α-hetero) is 1. The van der Waals surface area contributed by atoms with E-state index in [-0.39, 0.29) is 5.78 Å². The van der Waals surface area contributed by atoms with Crippen LogP contribution in [0.5, 0.6) is 0 Å². The first-order valence-electron chi connectivity index (χ1n) is 2.61. The Kier molecular flexibility index (Phi) is 1.12. The van der Waals surface area contributed by atoms with E-state index >= 15 is 0 Å². The van der Waals surface area contributed by atoms with Gasteiger partial charge in [-0.1, -0.05) is 0 Å². The maximum absolute atomic E-state index is 10.6. The topological polar surface area (TPSA) is 54.4 Å². The number of carbonyl (C=O) groups excluding carboxylic acids is 2. The van der Waals surface area contributed by atoms with Crippen molar-refractivity contribution in [2.75, 3.05) is 0 Å². The summed E-state index contributed by atoms with van der Waals surface area (Å²) in [4.78, 5) is 21.1. The summed E-state index contributed by atoms with van der Waals surface area (Å²) in [6.07, 6.45) is 0.965. The smallest absolute Gasteiger partial charge is 0.207 e. The summed E-state index contributed by atoms with van der Waals surface area (Å²) >= 11 is 0. The lowest BCUT2D eigenvalue weighted by Gasteiger charge is -1.92. The lowest BCUT2D eigenvalue weighted by molar-refractivity contribution is -0.126. The maximum atomic E-state index is 10.6. The largest absolute Gasteiger partial charge is 0.504 e. The molecule has 9 heavy (non-hydrogen) atoms. The summed E-state index contributed by atoms with van der Waals surface area (Å²) in [6, 6.07) is 0. The van der Waals surface area contributed by atoms with Crippen molar-refractivity contribution in [2.24, 2.45) is 5.92 Å². The van der Waals surface area contributed by atoms with E-state index in [1.165, 1.54) is 6.92 Å². The van der Waals surface area contributed by atoms with Gasteiger partial charge in [-0.05, 0) is 6.92 Å². The molecule has 0 aliphatic heterocycles. The zero-order valence-electron chi connectivity index (χ0n) is 4.92. The molecule has 3 heteroatoms. The van der Waals surface area contributed by atoms with Gasteiger partial charge < -0.3 is 5.11 Å². The van der Waals surface area contributed by atoms with Crippen LogP contribution in [-0.4, -0.2) is 16.7 Å². The van der Waals surface area contributed by atoms with E-state index in [0.717, 1.165) is 6.08 Å². The highest BCUT2D eigenvalue weighted by molar-refractivity contribution is 6.20. The number of aliphatic hydroxyl groups is 1. The van der Waals surface area contributed by atoms with E-state index in [2.05, 4.69) is 0 Å². The molecule has 0 aromatic carbocycles. The summed E-state index contributed by atoms with van der Waals surface area (Å²) in [5.41, 5.74) is 0. The summed E-state index contributed by atoms with van der Waals surface area (Å²) in [5.74, 6) is -1.85. The molecule has 1 unspecified atom stereocenters. The monoisotopic (exact) mass is 126 g/mol. The second kappa shape index (κ2) is 1.69. The number of hydrogen-bond acceptors (Lipinski definition) is 3. The van der Waals surface area contributed by atoms with Crippen molar-refractivity contribution in [3.05, 3.63) is 11.8 Å². The molecule has 0 amide bonds. The SMILES string of the molecule is CC1C(=O)C=C(O)C1=O. The van der Waals surface area contributed by atoms with Gasteiger partial charge in [0.2, 0.25) is 5.78 Å². The van der Waals surface area contributed by atoms with E-state index in [9.17, 15) is 9.59 Å². The minimum absolute atomic E-state index is 0.308. The van der Waals surface area contributed by atoms with Crippen LogP contribution in [0.25, 0.3) is 0 Å². The van der Waals surface area contributed by atoms with E-state index < -0.39 is 17.5 Å². The summed E-state index contributed by atoms with van der Waals surface area (Å²) in [6.45, 7) is 1.48. The number of carbonyl (C=O) groups is 2. The Bertz CT molecular complexity index is 202. The van der Waals surface area contributed by atoms with E-state index in [1.807, 2.05) is 0 Å². The standard InChI is InChI=1S/C6H6O3/c1-3-4(7)2-5(8)6(3)9/h2-3,8H,1H3. The molecule has 0 heterocycles. The van der Waals surface area contributed by atoms with Gasteiger partial charge in [-0.15, -0.1) is 0 Å². The number of ketones is 2. The normalized spacial score (nSPS) is 26.8. The van der Waals surface area contributed by atoms with Crippen molar-refractivity contribution in [2.45, 2.75) is 6.92 Å². The summed E-state index contributed by atoms with van der Waals surface area (Å²) < 4.78 is 0. The first-order chi connectivity index (χ1) is 4.13. The van der Waals surface area contributed by atoms with Crippen molar-refractivity contribution in [3.63, 3.8) is 0 Å². The van der Waals surface area contributed by atoms with Gasteiger partial charge in [-0.3, -0.25) is 9.59 Å². The zero-order valence-corrected chi connectivity index (χ0v) is 4.92. The molecule has 0 saturated carbocycles. The van der Waals surface area contributed by atoms with Crippen LogP contribution < -0.4 is 0 Å². The Morgan fingerprint density at radius 3 is 2.22 bits per heavy atom. The molecule has 3 nitrogen and oxygen atoms in total. The van der Waals surface area contributed by atoms with E-state index in [0.29, 0.717) is 0 Å². The van der Waals surface area contributed by atoms with Crippen LogP contribution >= 0.6 is 0 Å². The molecule has 1 aliphatic rings. The molecule has 1 N–H and O–H groups in total. The molecule has 1 aliphatic carbocycles.